The molecular weight excluding hydrogens is 234 g/mol. The van der Waals surface area contributed by atoms with Crippen molar-refractivity contribution in [2.24, 2.45) is 11.8 Å². The molecule has 0 saturated carbocycles. The average molecular weight is 265 g/mol. The first kappa shape index (κ1) is 13.8. The molecule has 1 N–H and O–H groups in total. The van der Waals surface area contributed by atoms with Gasteiger partial charge in [0.25, 0.3) is 0 Å². The molecule has 0 amide bonds. The summed E-state index contributed by atoms with van der Waals surface area (Å²) in [7, 11) is 0. The SMILES string of the molecule is CC(C)N1CCCC(N2CC3CNCC3C2C)CC1. The summed E-state index contributed by atoms with van der Waals surface area (Å²) in [5.74, 6) is 1.85. The third-order valence-electron chi connectivity index (χ3n) is 5.91. The lowest BCUT2D eigenvalue weighted by atomic mass is 9.95. The van der Waals surface area contributed by atoms with Crippen molar-refractivity contribution in [1.82, 2.24) is 15.1 Å². The molecule has 3 heteroatoms. The molecule has 3 fully saturated rings. The molecule has 3 aliphatic heterocycles. The molecule has 3 nitrogen and oxygen atoms in total. The summed E-state index contributed by atoms with van der Waals surface area (Å²) in [5, 5.41) is 3.58. The minimum atomic E-state index is 0.721. The first-order chi connectivity index (χ1) is 9.16. The van der Waals surface area contributed by atoms with Gasteiger partial charge in [0, 0.05) is 24.7 Å². The quantitative estimate of drug-likeness (QED) is 0.821. The van der Waals surface area contributed by atoms with Crippen LogP contribution in [0.15, 0.2) is 0 Å². The van der Waals surface area contributed by atoms with Crippen LogP contribution in [0.2, 0.25) is 0 Å². The molecular formula is C16H31N3. The Morgan fingerprint density at radius 1 is 1.11 bits per heavy atom. The van der Waals surface area contributed by atoms with Gasteiger partial charge in [-0.25, -0.2) is 0 Å². The molecule has 3 aliphatic rings. The van der Waals surface area contributed by atoms with Gasteiger partial charge in [0.05, 0.1) is 0 Å². The van der Waals surface area contributed by atoms with Crippen molar-refractivity contribution in [3.8, 4) is 0 Å². The van der Waals surface area contributed by atoms with Gasteiger partial charge in [0.15, 0.2) is 0 Å². The molecule has 0 aromatic heterocycles. The summed E-state index contributed by atoms with van der Waals surface area (Å²) in [4.78, 5) is 5.53. The maximum Gasteiger partial charge on any atom is 0.0114 e. The van der Waals surface area contributed by atoms with Crippen LogP contribution in [0.25, 0.3) is 0 Å². The van der Waals surface area contributed by atoms with E-state index in [1.54, 1.807) is 0 Å². The molecule has 4 unspecified atom stereocenters. The van der Waals surface area contributed by atoms with Crippen molar-refractivity contribution >= 4 is 0 Å². The van der Waals surface area contributed by atoms with E-state index in [0.717, 1.165) is 30.0 Å². The van der Waals surface area contributed by atoms with E-state index < -0.39 is 0 Å². The van der Waals surface area contributed by atoms with Gasteiger partial charge in [-0.15, -0.1) is 0 Å². The van der Waals surface area contributed by atoms with Gasteiger partial charge in [-0.3, -0.25) is 4.90 Å². The average Bonchev–Trinajstić information content (AvgIpc) is 2.85. The molecule has 3 heterocycles. The van der Waals surface area contributed by atoms with E-state index in [1.807, 2.05) is 0 Å². The Hall–Kier alpha value is -0.120. The third-order valence-corrected chi connectivity index (χ3v) is 5.91. The zero-order valence-electron chi connectivity index (χ0n) is 12.9. The summed E-state index contributed by atoms with van der Waals surface area (Å²) in [6, 6.07) is 2.37. The third kappa shape index (κ3) is 2.70. The normalized spacial score (nSPS) is 41.7. The van der Waals surface area contributed by atoms with E-state index in [9.17, 15) is 0 Å². The van der Waals surface area contributed by atoms with Gasteiger partial charge in [0.2, 0.25) is 0 Å². The topological polar surface area (TPSA) is 18.5 Å². The van der Waals surface area contributed by atoms with Gasteiger partial charge >= 0.3 is 0 Å². The molecule has 0 aromatic rings. The molecule has 110 valence electrons. The minimum Gasteiger partial charge on any atom is -0.316 e. The van der Waals surface area contributed by atoms with Crippen LogP contribution >= 0.6 is 0 Å². The fraction of sp³-hybridized carbons (Fsp3) is 1.00. The van der Waals surface area contributed by atoms with Crippen LogP contribution in [0, 0.1) is 11.8 Å². The monoisotopic (exact) mass is 265 g/mol. The van der Waals surface area contributed by atoms with Crippen LogP contribution in [0.5, 0.6) is 0 Å². The predicted octanol–water partition coefficient (Wildman–Crippen LogP) is 1.79. The van der Waals surface area contributed by atoms with Crippen molar-refractivity contribution in [3.05, 3.63) is 0 Å². The van der Waals surface area contributed by atoms with Crippen molar-refractivity contribution in [2.45, 2.75) is 58.2 Å². The molecule has 4 atom stereocenters. The molecule has 3 saturated heterocycles. The van der Waals surface area contributed by atoms with Crippen LogP contribution < -0.4 is 5.32 Å². The second-order valence-electron chi connectivity index (χ2n) is 7.23. The lowest BCUT2D eigenvalue weighted by Gasteiger charge is -2.33. The van der Waals surface area contributed by atoms with E-state index in [1.165, 1.54) is 52.0 Å². The van der Waals surface area contributed by atoms with E-state index in [2.05, 4.69) is 35.9 Å². The van der Waals surface area contributed by atoms with Crippen LogP contribution in [-0.2, 0) is 0 Å². The highest BCUT2D eigenvalue weighted by Crippen LogP contribution is 2.35. The van der Waals surface area contributed by atoms with Crippen LogP contribution in [0.3, 0.4) is 0 Å². The zero-order chi connectivity index (χ0) is 13.4. The van der Waals surface area contributed by atoms with Gasteiger partial charge in [0.1, 0.15) is 0 Å². The van der Waals surface area contributed by atoms with E-state index >= 15 is 0 Å². The maximum absolute atomic E-state index is 3.58. The lowest BCUT2D eigenvalue weighted by Crippen LogP contribution is -2.42. The van der Waals surface area contributed by atoms with Crippen molar-refractivity contribution in [2.75, 3.05) is 32.7 Å². The van der Waals surface area contributed by atoms with Gasteiger partial charge in [-0.2, -0.15) is 0 Å². The molecule has 0 radical (unpaired) electrons. The van der Waals surface area contributed by atoms with E-state index in [4.69, 9.17) is 0 Å². The second kappa shape index (κ2) is 5.71. The first-order valence-electron chi connectivity index (χ1n) is 8.37. The summed E-state index contributed by atoms with van der Waals surface area (Å²) < 4.78 is 0. The number of fused-ring (bicyclic) bond motifs is 1. The van der Waals surface area contributed by atoms with Crippen molar-refractivity contribution in [3.63, 3.8) is 0 Å². The summed E-state index contributed by atoms with van der Waals surface area (Å²) >= 11 is 0. The highest BCUT2D eigenvalue weighted by atomic mass is 15.2. The number of nitrogens with one attached hydrogen (secondary N) is 1. The fourth-order valence-electron chi connectivity index (χ4n) is 4.63. The molecule has 0 aromatic carbocycles. The van der Waals surface area contributed by atoms with Crippen LogP contribution in [-0.4, -0.2) is 60.6 Å². The fourth-order valence-corrected chi connectivity index (χ4v) is 4.63. The predicted molar refractivity (Wildman–Crippen MR) is 80.4 cm³/mol. The van der Waals surface area contributed by atoms with Gasteiger partial charge < -0.3 is 10.2 Å². The Balaban J connectivity index is 1.60. The smallest absolute Gasteiger partial charge is 0.0114 e. The summed E-state index contributed by atoms with van der Waals surface area (Å²) in [6.07, 6.45) is 4.19. The largest absolute Gasteiger partial charge is 0.316 e. The number of hydrogen-bond donors (Lipinski definition) is 1. The van der Waals surface area contributed by atoms with Crippen molar-refractivity contribution in [1.29, 1.82) is 0 Å². The Labute approximate surface area is 118 Å². The van der Waals surface area contributed by atoms with Gasteiger partial charge in [-0.05, 0) is 78.0 Å². The lowest BCUT2D eigenvalue weighted by molar-refractivity contribution is 0.150. The highest BCUT2D eigenvalue weighted by Gasteiger charge is 2.44. The number of likely N-dealkylation sites (tertiary alicyclic amines) is 2. The summed E-state index contributed by atoms with van der Waals surface area (Å²) in [6.45, 7) is 13.6. The Morgan fingerprint density at radius 2 is 1.95 bits per heavy atom. The Bertz CT molecular complexity index is 304. The van der Waals surface area contributed by atoms with Crippen LogP contribution in [0.4, 0.5) is 0 Å². The molecule has 0 bridgehead atoms. The Kier molecular flexibility index (Phi) is 4.16. The Morgan fingerprint density at radius 3 is 2.68 bits per heavy atom. The second-order valence-corrected chi connectivity index (χ2v) is 7.23. The zero-order valence-corrected chi connectivity index (χ0v) is 12.9. The minimum absolute atomic E-state index is 0.721. The molecule has 3 rings (SSSR count). The van der Waals surface area contributed by atoms with Gasteiger partial charge in [-0.1, -0.05) is 0 Å². The molecule has 0 aliphatic carbocycles. The maximum atomic E-state index is 3.58. The van der Waals surface area contributed by atoms with E-state index in [0.29, 0.717) is 0 Å². The molecule has 0 spiro atoms. The number of rotatable bonds is 2. The summed E-state index contributed by atoms with van der Waals surface area (Å²) in [5.41, 5.74) is 0. The standard InChI is InChI=1S/C16H31N3/c1-12(2)18-7-4-5-15(6-8-18)19-11-14-9-17-10-16(14)13(19)3/h12-17H,4-11H2,1-3H3. The first-order valence-corrected chi connectivity index (χ1v) is 8.37. The number of nitrogens with zero attached hydrogens (tertiary/aromatic N) is 2. The van der Waals surface area contributed by atoms with Crippen LogP contribution in [0.1, 0.15) is 40.0 Å². The molecule has 19 heavy (non-hydrogen) atoms. The highest BCUT2D eigenvalue weighted by molar-refractivity contribution is 4.99. The number of hydrogen-bond acceptors (Lipinski definition) is 3. The van der Waals surface area contributed by atoms with E-state index in [-0.39, 0.29) is 0 Å². The van der Waals surface area contributed by atoms with Crippen molar-refractivity contribution < 1.29 is 0 Å².